The smallest absolute Gasteiger partial charge is 0.246 e. The van der Waals surface area contributed by atoms with Gasteiger partial charge in [-0.3, -0.25) is 9.78 Å². The van der Waals surface area contributed by atoms with Gasteiger partial charge in [0.05, 0.1) is 24.5 Å². The van der Waals surface area contributed by atoms with Crippen LogP contribution < -0.4 is 0 Å². The maximum absolute atomic E-state index is 12.4. The molecule has 2 aromatic heterocycles. The summed E-state index contributed by atoms with van der Waals surface area (Å²) in [4.78, 5) is 18.7. The Balaban J connectivity index is 1.93. The first-order valence-corrected chi connectivity index (χ1v) is 7.60. The average molecular weight is 296 g/mol. The van der Waals surface area contributed by atoms with Crippen molar-refractivity contribution >= 4 is 5.91 Å². The third-order valence-corrected chi connectivity index (χ3v) is 4.29. The van der Waals surface area contributed by atoms with Crippen molar-refractivity contribution in [3.8, 4) is 0 Å². The van der Waals surface area contributed by atoms with Gasteiger partial charge in [0, 0.05) is 18.2 Å². The summed E-state index contributed by atoms with van der Waals surface area (Å²) < 4.78 is 5.54. The summed E-state index contributed by atoms with van der Waals surface area (Å²) in [7, 11) is 0. The molecule has 0 saturated carbocycles. The van der Waals surface area contributed by atoms with Crippen LogP contribution in [0.4, 0.5) is 0 Å². The van der Waals surface area contributed by atoms with E-state index in [4.69, 9.17) is 4.42 Å². The van der Waals surface area contributed by atoms with Gasteiger partial charge in [0.15, 0.2) is 0 Å². The highest BCUT2D eigenvalue weighted by atomic mass is 16.3. The molecule has 1 unspecified atom stereocenters. The van der Waals surface area contributed by atoms with Crippen molar-refractivity contribution in [2.24, 2.45) is 0 Å². The van der Waals surface area contributed by atoms with Crippen molar-refractivity contribution in [3.63, 3.8) is 0 Å². The van der Waals surface area contributed by atoms with Crippen LogP contribution in [0.3, 0.4) is 0 Å². The fraction of sp³-hybridized carbons (Fsp3) is 0.333. The van der Waals surface area contributed by atoms with E-state index in [1.54, 1.807) is 12.5 Å². The van der Waals surface area contributed by atoms with Gasteiger partial charge >= 0.3 is 0 Å². The van der Waals surface area contributed by atoms with Crippen LogP contribution in [0.2, 0.25) is 0 Å². The minimum Gasteiger partial charge on any atom is -0.469 e. The molecular weight excluding hydrogens is 276 g/mol. The summed E-state index contributed by atoms with van der Waals surface area (Å²) in [5, 5.41) is 0. The Hall–Kier alpha value is -2.36. The van der Waals surface area contributed by atoms with Crippen LogP contribution in [-0.2, 0) is 17.8 Å². The normalized spacial score (nSPS) is 16.9. The van der Waals surface area contributed by atoms with Crippen molar-refractivity contribution in [3.05, 3.63) is 65.9 Å². The van der Waals surface area contributed by atoms with Gasteiger partial charge in [-0.1, -0.05) is 12.6 Å². The first-order chi connectivity index (χ1) is 10.7. The number of nitrogens with zero attached hydrogens (tertiary/aromatic N) is 2. The minimum absolute atomic E-state index is 0.0365. The van der Waals surface area contributed by atoms with Gasteiger partial charge < -0.3 is 9.32 Å². The Kier molecular flexibility index (Phi) is 4.09. The third-order valence-electron chi connectivity index (χ3n) is 4.29. The Morgan fingerprint density at radius 3 is 3.18 bits per heavy atom. The zero-order chi connectivity index (χ0) is 15.5. The van der Waals surface area contributed by atoms with Crippen LogP contribution in [0.15, 0.2) is 47.7 Å². The van der Waals surface area contributed by atoms with E-state index in [-0.39, 0.29) is 11.9 Å². The van der Waals surface area contributed by atoms with Crippen molar-refractivity contribution in [2.75, 3.05) is 0 Å². The van der Waals surface area contributed by atoms with E-state index in [2.05, 4.69) is 11.6 Å². The van der Waals surface area contributed by atoms with Crippen LogP contribution >= 0.6 is 0 Å². The van der Waals surface area contributed by atoms with Gasteiger partial charge in [0.1, 0.15) is 5.76 Å². The molecule has 1 aliphatic carbocycles. The molecule has 0 radical (unpaired) electrons. The van der Waals surface area contributed by atoms with Gasteiger partial charge in [0.25, 0.3) is 0 Å². The molecule has 3 rings (SSSR count). The molecule has 4 nitrogen and oxygen atoms in total. The molecule has 0 N–H and O–H groups in total. The number of carbonyl (C=O) groups is 1. The lowest BCUT2D eigenvalue weighted by atomic mass is 9.91. The molecule has 2 heterocycles. The predicted molar refractivity (Wildman–Crippen MR) is 84.1 cm³/mol. The lowest BCUT2D eigenvalue weighted by Crippen LogP contribution is -2.35. The number of fused-ring (bicyclic) bond motifs is 1. The fourth-order valence-corrected chi connectivity index (χ4v) is 3.09. The molecule has 1 aliphatic rings. The first kappa shape index (κ1) is 14.6. The Labute approximate surface area is 130 Å². The van der Waals surface area contributed by atoms with E-state index in [9.17, 15) is 4.79 Å². The third kappa shape index (κ3) is 2.69. The van der Waals surface area contributed by atoms with Crippen molar-refractivity contribution in [1.29, 1.82) is 0 Å². The highest BCUT2D eigenvalue weighted by Gasteiger charge is 2.30. The van der Waals surface area contributed by atoms with Gasteiger partial charge in [-0.15, -0.1) is 0 Å². The number of aromatic nitrogens is 1. The van der Waals surface area contributed by atoms with Crippen LogP contribution in [0, 0.1) is 6.92 Å². The predicted octanol–water partition coefficient (Wildman–Crippen LogP) is 3.58. The molecule has 2 aromatic rings. The molecule has 0 bridgehead atoms. The summed E-state index contributed by atoms with van der Waals surface area (Å²) in [6, 6.07) is 5.94. The maximum Gasteiger partial charge on any atom is 0.246 e. The lowest BCUT2D eigenvalue weighted by molar-refractivity contribution is -0.129. The number of hydrogen-bond acceptors (Lipinski definition) is 3. The quantitative estimate of drug-likeness (QED) is 0.810. The zero-order valence-corrected chi connectivity index (χ0v) is 12.8. The van der Waals surface area contributed by atoms with E-state index >= 15 is 0 Å². The summed E-state index contributed by atoms with van der Waals surface area (Å²) in [6.07, 6.45) is 7.77. The first-order valence-electron chi connectivity index (χ1n) is 7.60. The Bertz CT molecular complexity index is 690. The molecule has 0 spiro atoms. The van der Waals surface area contributed by atoms with Gasteiger partial charge in [-0.2, -0.15) is 0 Å². The standard InChI is InChI=1S/C18H20N2O2/c1-3-18(21)20(12-15-13(2)6-5-10-19-15)16-7-4-8-17-14(16)9-11-22-17/h3,5-6,9-11,16H,1,4,7-8,12H2,2H3. The molecule has 22 heavy (non-hydrogen) atoms. The molecular formula is C18H20N2O2. The number of furan rings is 1. The van der Waals surface area contributed by atoms with Gasteiger partial charge in [0.2, 0.25) is 5.91 Å². The molecule has 0 fully saturated rings. The molecule has 4 heteroatoms. The monoisotopic (exact) mass is 296 g/mol. The number of amides is 1. The summed E-state index contributed by atoms with van der Waals surface area (Å²) >= 11 is 0. The van der Waals surface area contributed by atoms with E-state index in [0.717, 1.165) is 41.8 Å². The van der Waals surface area contributed by atoms with Crippen LogP contribution in [0.25, 0.3) is 0 Å². The maximum atomic E-state index is 12.4. The molecule has 0 aliphatic heterocycles. The highest BCUT2D eigenvalue weighted by molar-refractivity contribution is 5.87. The molecule has 0 saturated heterocycles. The van der Waals surface area contributed by atoms with E-state index in [0.29, 0.717) is 6.54 Å². The topological polar surface area (TPSA) is 46.3 Å². The largest absolute Gasteiger partial charge is 0.469 e. The SMILES string of the molecule is C=CC(=O)N(Cc1ncccc1C)C1CCCc2occc21. The number of aryl methyl sites for hydroxylation is 2. The molecule has 0 aromatic carbocycles. The van der Waals surface area contributed by atoms with Gasteiger partial charge in [-0.25, -0.2) is 0 Å². The van der Waals surface area contributed by atoms with Crippen LogP contribution in [-0.4, -0.2) is 15.8 Å². The van der Waals surface area contributed by atoms with E-state index < -0.39 is 0 Å². The fourth-order valence-electron chi connectivity index (χ4n) is 3.09. The second-order valence-corrected chi connectivity index (χ2v) is 5.64. The van der Waals surface area contributed by atoms with Crippen LogP contribution in [0.1, 0.15) is 41.5 Å². The number of carbonyl (C=O) groups excluding carboxylic acids is 1. The van der Waals surface area contributed by atoms with Gasteiger partial charge in [-0.05, 0) is 43.5 Å². The lowest BCUT2D eigenvalue weighted by Gasteiger charge is -2.33. The zero-order valence-electron chi connectivity index (χ0n) is 12.8. The van der Waals surface area contributed by atoms with Crippen molar-refractivity contribution < 1.29 is 9.21 Å². The van der Waals surface area contributed by atoms with E-state index in [1.165, 1.54) is 6.08 Å². The van der Waals surface area contributed by atoms with Crippen molar-refractivity contribution in [2.45, 2.75) is 38.8 Å². The molecule has 114 valence electrons. The number of pyridine rings is 1. The average Bonchev–Trinajstić information content (AvgIpc) is 3.02. The highest BCUT2D eigenvalue weighted by Crippen LogP contribution is 2.36. The number of rotatable bonds is 4. The summed E-state index contributed by atoms with van der Waals surface area (Å²) in [5.41, 5.74) is 3.14. The van der Waals surface area contributed by atoms with Crippen LogP contribution in [0.5, 0.6) is 0 Å². The second-order valence-electron chi connectivity index (χ2n) is 5.64. The van der Waals surface area contributed by atoms with E-state index in [1.807, 2.05) is 30.0 Å². The Morgan fingerprint density at radius 2 is 2.41 bits per heavy atom. The van der Waals surface area contributed by atoms with Crippen molar-refractivity contribution in [1.82, 2.24) is 9.88 Å². The second kappa shape index (κ2) is 6.18. The number of hydrogen-bond donors (Lipinski definition) is 0. The minimum atomic E-state index is -0.0656. The molecule has 1 amide bonds. The Morgan fingerprint density at radius 1 is 1.55 bits per heavy atom. The summed E-state index contributed by atoms with van der Waals surface area (Å²) in [5.74, 6) is 0.931. The summed E-state index contributed by atoms with van der Waals surface area (Å²) in [6.45, 7) is 6.16. The molecule has 1 atom stereocenters.